The lowest BCUT2D eigenvalue weighted by molar-refractivity contribution is -0.129. The van der Waals surface area contributed by atoms with Gasteiger partial charge in [-0.05, 0) is 11.6 Å². The number of para-hydroxylation sites is 1. The van der Waals surface area contributed by atoms with Crippen molar-refractivity contribution in [2.75, 3.05) is 31.1 Å². The van der Waals surface area contributed by atoms with Gasteiger partial charge in [-0.15, -0.1) is 0 Å². The number of anilines is 1. The largest absolute Gasteiger partial charge is 0.368 e. The first-order valence-electron chi connectivity index (χ1n) is 7.39. The minimum atomic E-state index is 0.180. The van der Waals surface area contributed by atoms with Crippen molar-refractivity contribution in [1.29, 1.82) is 0 Å². The molecule has 4 heteroatoms. The standard InChI is InChI=1S/C16H25N3O/c1-13(2)17-12-15-6-4-5-7-16(15)19-10-8-18(9-11-19)14(3)20/h4-7,13,17H,8-12H2,1-3H3. The molecule has 1 N–H and O–H groups in total. The summed E-state index contributed by atoms with van der Waals surface area (Å²) in [6, 6.07) is 9.03. The third kappa shape index (κ3) is 3.73. The fourth-order valence-corrected chi connectivity index (χ4v) is 2.55. The summed E-state index contributed by atoms with van der Waals surface area (Å²) < 4.78 is 0. The van der Waals surface area contributed by atoms with Gasteiger partial charge in [-0.25, -0.2) is 0 Å². The maximum absolute atomic E-state index is 11.4. The molecule has 0 radical (unpaired) electrons. The Balaban J connectivity index is 2.04. The summed E-state index contributed by atoms with van der Waals surface area (Å²) in [4.78, 5) is 15.7. The minimum Gasteiger partial charge on any atom is -0.368 e. The normalized spacial score (nSPS) is 15.8. The van der Waals surface area contributed by atoms with E-state index in [-0.39, 0.29) is 5.91 Å². The lowest BCUT2D eigenvalue weighted by atomic mass is 10.1. The zero-order valence-corrected chi connectivity index (χ0v) is 12.7. The van der Waals surface area contributed by atoms with E-state index in [1.54, 1.807) is 6.92 Å². The summed E-state index contributed by atoms with van der Waals surface area (Å²) >= 11 is 0. The second-order valence-corrected chi connectivity index (χ2v) is 5.66. The van der Waals surface area contributed by atoms with Crippen molar-refractivity contribution in [2.45, 2.75) is 33.4 Å². The lowest BCUT2D eigenvalue weighted by Gasteiger charge is -2.36. The first-order chi connectivity index (χ1) is 9.58. The van der Waals surface area contributed by atoms with Gasteiger partial charge < -0.3 is 15.1 Å². The number of amides is 1. The van der Waals surface area contributed by atoms with Gasteiger partial charge in [0, 0.05) is 51.4 Å². The Morgan fingerprint density at radius 3 is 2.45 bits per heavy atom. The smallest absolute Gasteiger partial charge is 0.219 e. The van der Waals surface area contributed by atoms with Gasteiger partial charge in [-0.2, -0.15) is 0 Å². The van der Waals surface area contributed by atoms with Gasteiger partial charge in [0.2, 0.25) is 5.91 Å². The lowest BCUT2D eigenvalue weighted by Crippen LogP contribution is -2.48. The Hall–Kier alpha value is -1.55. The molecule has 1 amide bonds. The number of piperazine rings is 1. The highest BCUT2D eigenvalue weighted by Crippen LogP contribution is 2.22. The van der Waals surface area contributed by atoms with E-state index < -0.39 is 0 Å². The van der Waals surface area contributed by atoms with Gasteiger partial charge in [-0.3, -0.25) is 4.79 Å². The van der Waals surface area contributed by atoms with Gasteiger partial charge in [0.1, 0.15) is 0 Å². The Labute approximate surface area is 121 Å². The second kappa shape index (κ2) is 6.75. The number of carbonyl (C=O) groups is 1. The molecule has 0 spiro atoms. The molecule has 1 aliphatic heterocycles. The highest BCUT2D eigenvalue weighted by atomic mass is 16.2. The number of nitrogens with one attached hydrogen (secondary N) is 1. The zero-order chi connectivity index (χ0) is 14.5. The Bertz CT molecular complexity index is 451. The van der Waals surface area contributed by atoms with E-state index in [1.165, 1.54) is 11.3 Å². The van der Waals surface area contributed by atoms with Crippen LogP contribution in [0.2, 0.25) is 0 Å². The minimum absolute atomic E-state index is 0.180. The van der Waals surface area contributed by atoms with Crippen molar-refractivity contribution in [3.05, 3.63) is 29.8 Å². The fourth-order valence-electron chi connectivity index (χ4n) is 2.55. The molecule has 0 aromatic heterocycles. The summed E-state index contributed by atoms with van der Waals surface area (Å²) in [5.74, 6) is 0.180. The van der Waals surface area contributed by atoms with Crippen LogP contribution in [0.5, 0.6) is 0 Å². The van der Waals surface area contributed by atoms with Crippen LogP contribution in [0, 0.1) is 0 Å². The maximum Gasteiger partial charge on any atom is 0.219 e. The first-order valence-corrected chi connectivity index (χ1v) is 7.39. The Morgan fingerprint density at radius 1 is 1.20 bits per heavy atom. The number of hydrogen-bond acceptors (Lipinski definition) is 3. The molecule has 1 aromatic carbocycles. The van der Waals surface area contributed by atoms with Crippen molar-refractivity contribution >= 4 is 11.6 Å². The van der Waals surface area contributed by atoms with Gasteiger partial charge in [-0.1, -0.05) is 32.0 Å². The quantitative estimate of drug-likeness (QED) is 0.911. The van der Waals surface area contributed by atoms with Crippen molar-refractivity contribution < 1.29 is 4.79 Å². The number of hydrogen-bond donors (Lipinski definition) is 1. The molecule has 1 fully saturated rings. The molecule has 0 saturated carbocycles. The van der Waals surface area contributed by atoms with Crippen LogP contribution in [0.1, 0.15) is 26.3 Å². The molecule has 1 aromatic rings. The van der Waals surface area contributed by atoms with E-state index in [1.807, 2.05) is 4.90 Å². The van der Waals surface area contributed by atoms with E-state index in [0.29, 0.717) is 6.04 Å². The van der Waals surface area contributed by atoms with Gasteiger partial charge >= 0.3 is 0 Å². The molecule has 0 bridgehead atoms. The monoisotopic (exact) mass is 275 g/mol. The Morgan fingerprint density at radius 2 is 1.85 bits per heavy atom. The van der Waals surface area contributed by atoms with Crippen LogP contribution in [0.4, 0.5) is 5.69 Å². The second-order valence-electron chi connectivity index (χ2n) is 5.66. The summed E-state index contributed by atoms with van der Waals surface area (Å²) in [6.07, 6.45) is 0. The summed E-state index contributed by atoms with van der Waals surface area (Å²) in [7, 11) is 0. The zero-order valence-electron chi connectivity index (χ0n) is 12.7. The van der Waals surface area contributed by atoms with Crippen molar-refractivity contribution in [3.8, 4) is 0 Å². The van der Waals surface area contributed by atoms with Crippen LogP contribution < -0.4 is 10.2 Å². The van der Waals surface area contributed by atoms with Crippen molar-refractivity contribution in [3.63, 3.8) is 0 Å². The molecule has 0 aliphatic carbocycles. The van der Waals surface area contributed by atoms with Crippen LogP contribution in [0.15, 0.2) is 24.3 Å². The van der Waals surface area contributed by atoms with E-state index in [9.17, 15) is 4.79 Å². The number of benzene rings is 1. The average Bonchev–Trinajstić information content (AvgIpc) is 2.45. The molecular formula is C16H25N3O. The highest BCUT2D eigenvalue weighted by molar-refractivity contribution is 5.73. The van der Waals surface area contributed by atoms with Gasteiger partial charge in [0.05, 0.1) is 0 Å². The highest BCUT2D eigenvalue weighted by Gasteiger charge is 2.20. The molecular weight excluding hydrogens is 250 g/mol. The summed E-state index contributed by atoms with van der Waals surface area (Å²) in [5, 5.41) is 3.48. The predicted molar refractivity (Wildman–Crippen MR) is 82.9 cm³/mol. The molecule has 2 rings (SSSR count). The topological polar surface area (TPSA) is 35.6 Å². The maximum atomic E-state index is 11.4. The average molecular weight is 275 g/mol. The van der Waals surface area contributed by atoms with E-state index in [0.717, 1.165) is 32.7 Å². The van der Waals surface area contributed by atoms with Gasteiger partial charge in [0.15, 0.2) is 0 Å². The third-order valence-corrected chi connectivity index (χ3v) is 3.76. The SMILES string of the molecule is CC(=O)N1CCN(c2ccccc2CNC(C)C)CC1. The molecule has 20 heavy (non-hydrogen) atoms. The molecule has 1 heterocycles. The van der Waals surface area contributed by atoms with E-state index in [4.69, 9.17) is 0 Å². The van der Waals surface area contributed by atoms with Crippen LogP contribution in [-0.4, -0.2) is 43.0 Å². The molecule has 4 nitrogen and oxygen atoms in total. The van der Waals surface area contributed by atoms with E-state index >= 15 is 0 Å². The van der Waals surface area contributed by atoms with E-state index in [2.05, 4.69) is 48.3 Å². The predicted octanol–water partition coefficient (Wildman–Crippen LogP) is 1.85. The molecule has 0 atom stereocenters. The van der Waals surface area contributed by atoms with Crippen LogP contribution in [-0.2, 0) is 11.3 Å². The van der Waals surface area contributed by atoms with Crippen LogP contribution in [0.25, 0.3) is 0 Å². The van der Waals surface area contributed by atoms with Gasteiger partial charge in [0.25, 0.3) is 0 Å². The number of nitrogens with zero attached hydrogens (tertiary/aromatic N) is 2. The van der Waals surface area contributed by atoms with Crippen LogP contribution >= 0.6 is 0 Å². The van der Waals surface area contributed by atoms with Crippen molar-refractivity contribution in [2.24, 2.45) is 0 Å². The molecule has 1 saturated heterocycles. The number of carbonyl (C=O) groups excluding carboxylic acids is 1. The number of rotatable bonds is 4. The molecule has 1 aliphatic rings. The third-order valence-electron chi connectivity index (χ3n) is 3.76. The Kier molecular flexibility index (Phi) is 5.01. The summed E-state index contributed by atoms with van der Waals surface area (Å²) in [6.45, 7) is 10.3. The molecule has 0 unspecified atom stereocenters. The van der Waals surface area contributed by atoms with Crippen molar-refractivity contribution in [1.82, 2.24) is 10.2 Å². The molecule has 110 valence electrons. The first kappa shape index (κ1) is 14.9. The summed E-state index contributed by atoms with van der Waals surface area (Å²) in [5.41, 5.74) is 2.63. The fraction of sp³-hybridized carbons (Fsp3) is 0.562. The van der Waals surface area contributed by atoms with Crippen LogP contribution in [0.3, 0.4) is 0 Å².